The van der Waals surface area contributed by atoms with Crippen molar-refractivity contribution in [1.82, 2.24) is 14.4 Å². The molecule has 10 nitrogen and oxygen atoms in total. The second-order valence-corrected chi connectivity index (χ2v) is 14.5. The largest absolute Gasteiger partial charge is 0.489 e. The zero-order valence-corrected chi connectivity index (χ0v) is 30.3. The molecule has 0 saturated carbocycles. The van der Waals surface area contributed by atoms with Crippen molar-refractivity contribution in [3.8, 4) is 28.5 Å². The second kappa shape index (κ2) is 15.0. The lowest BCUT2D eigenvalue weighted by molar-refractivity contribution is 0.0193. The molecule has 2 amide bonds. The van der Waals surface area contributed by atoms with Crippen LogP contribution < -0.4 is 19.5 Å². The number of hydrogen-bond donors (Lipinski definition) is 1. The van der Waals surface area contributed by atoms with E-state index in [1.54, 1.807) is 0 Å². The molecule has 5 aromatic rings. The molecule has 276 valence electrons. The van der Waals surface area contributed by atoms with Crippen LogP contribution in [0.1, 0.15) is 55.9 Å². The summed E-state index contributed by atoms with van der Waals surface area (Å²) in [6.07, 6.45) is 3.52. The summed E-state index contributed by atoms with van der Waals surface area (Å²) in [6, 6.07) is 31.6. The molecule has 4 aromatic carbocycles. The van der Waals surface area contributed by atoms with Crippen molar-refractivity contribution >= 4 is 17.5 Å². The van der Waals surface area contributed by atoms with E-state index in [2.05, 4.69) is 33.0 Å². The van der Waals surface area contributed by atoms with Gasteiger partial charge in [-0.3, -0.25) is 14.5 Å². The average molecular weight is 725 g/mol. The number of hydrogen-bond acceptors (Lipinski definition) is 7. The van der Waals surface area contributed by atoms with Gasteiger partial charge in [-0.1, -0.05) is 54.6 Å². The first-order chi connectivity index (χ1) is 26.6. The Labute approximate surface area is 315 Å². The zero-order chi connectivity index (χ0) is 36.4. The summed E-state index contributed by atoms with van der Waals surface area (Å²) < 4.78 is 25.5. The van der Waals surface area contributed by atoms with Gasteiger partial charge in [-0.2, -0.15) is 0 Å². The van der Waals surface area contributed by atoms with E-state index in [0.717, 1.165) is 80.1 Å². The summed E-state index contributed by atoms with van der Waals surface area (Å²) >= 11 is 0. The molecule has 1 N–H and O–H groups in total. The van der Waals surface area contributed by atoms with E-state index >= 15 is 4.79 Å². The van der Waals surface area contributed by atoms with E-state index < -0.39 is 0 Å². The number of ether oxygens (including phenoxy) is 4. The van der Waals surface area contributed by atoms with Gasteiger partial charge in [-0.15, -0.1) is 0 Å². The van der Waals surface area contributed by atoms with Gasteiger partial charge in [-0.25, -0.2) is 0 Å². The van der Waals surface area contributed by atoms with Crippen LogP contribution in [0, 0.1) is 0 Å². The molecule has 0 spiro atoms. The summed E-state index contributed by atoms with van der Waals surface area (Å²) in [5.41, 5.74) is 7.95. The lowest BCUT2D eigenvalue weighted by Crippen LogP contribution is -2.52. The fraction of sp³-hybridized carbons (Fsp3) is 0.318. The maximum Gasteiger partial charge on any atom is 0.257 e. The third-order valence-electron chi connectivity index (χ3n) is 11.1. The lowest BCUT2D eigenvalue weighted by Gasteiger charge is -2.40. The smallest absolute Gasteiger partial charge is 0.257 e. The summed E-state index contributed by atoms with van der Waals surface area (Å²) in [4.78, 5) is 33.5. The van der Waals surface area contributed by atoms with Crippen LogP contribution in [0.4, 0.5) is 5.69 Å². The Morgan fingerprint density at radius 3 is 2.37 bits per heavy atom. The first-order valence-corrected chi connectivity index (χ1v) is 19.0. The maximum absolute atomic E-state index is 15.0. The highest BCUT2D eigenvalue weighted by atomic mass is 16.7. The first kappa shape index (κ1) is 34.2. The molecule has 4 aliphatic rings. The van der Waals surface area contributed by atoms with Crippen molar-refractivity contribution in [2.45, 2.75) is 51.4 Å². The Hall–Kier alpha value is -5.58. The number of anilines is 1. The van der Waals surface area contributed by atoms with Crippen molar-refractivity contribution in [2.75, 3.05) is 45.0 Å². The van der Waals surface area contributed by atoms with Gasteiger partial charge >= 0.3 is 0 Å². The number of morpholine rings is 1. The number of nitrogens with one attached hydrogen (secondary N) is 1. The van der Waals surface area contributed by atoms with Crippen LogP contribution in [-0.4, -0.2) is 71.9 Å². The minimum atomic E-state index is -0.184. The molecular formula is C44H44N4O6. The molecule has 4 aliphatic heterocycles. The Morgan fingerprint density at radius 1 is 0.796 bits per heavy atom. The number of carbonyl (C=O) groups is 2. The molecule has 9 rings (SSSR count). The fourth-order valence-corrected chi connectivity index (χ4v) is 8.23. The molecule has 0 radical (unpaired) electrons. The molecule has 1 fully saturated rings. The molecule has 1 atom stereocenters. The molecule has 1 saturated heterocycles. The van der Waals surface area contributed by atoms with Crippen LogP contribution in [0.5, 0.6) is 17.2 Å². The van der Waals surface area contributed by atoms with Crippen molar-refractivity contribution in [3.05, 3.63) is 131 Å². The van der Waals surface area contributed by atoms with E-state index in [9.17, 15) is 4.79 Å². The Kier molecular flexibility index (Phi) is 9.53. The standard InChI is InChI=1S/C44H44N4O6/c49-43(45-33-13-15-35(16-14-33)52-28-30-8-2-1-3-9-30)38-23-40(47-17-7-6-12-39(38)47)36-24-41-42(54-29-53-41)25-37(36)44(50)48-26-32-11-5-4-10-31(32)22-34(48)27-46-18-20-51-21-19-46/h1-5,8-11,13-16,23-25,34H,6-7,12,17-22,26-29H2,(H,45,49)/t34-/m1/s1. The number of benzene rings is 4. The van der Waals surface area contributed by atoms with Gasteiger partial charge in [0, 0.05) is 61.4 Å². The summed E-state index contributed by atoms with van der Waals surface area (Å²) in [6.45, 7) is 5.72. The monoisotopic (exact) mass is 724 g/mol. The first-order valence-electron chi connectivity index (χ1n) is 19.0. The third kappa shape index (κ3) is 6.95. The Morgan fingerprint density at radius 2 is 1.56 bits per heavy atom. The van der Waals surface area contributed by atoms with Crippen LogP contribution in [0.3, 0.4) is 0 Å². The molecule has 0 unspecified atom stereocenters. The predicted molar refractivity (Wildman–Crippen MR) is 205 cm³/mol. The Bertz CT molecular complexity index is 2160. The lowest BCUT2D eigenvalue weighted by atomic mass is 9.92. The van der Waals surface area contributed by atoms with Gasteiger partial charge in [0.2, 0.25) is 6.79 Å². The summed E-state index contributed by atoms with van der Waals surface area (Å²) in [7, 11) is 0. The number of nitrogens with zero attached hydrogens (tertiary/aromatic N) is 3. The molecule has 10 heteroatoms. The van der Waals surface area contributed by atoms with Gasteiger partial charge in [0.25, 0.3) is 11.8 Å². The van der Waals surface area contributed by atoms with Gasteiger partial charge in [-0.05, 0) is 84.8 Å². The highest BCUT2D eigenvalue weighted by Crippen LogP contribution is 2.42. The number of fused-ring (bicyclic) bond motifs is 3. The normalized spacial score (nSPS) is 17.8. The molecule has 0 aliphatic carbocycles. The van der Waals surface area contributed by atoms with Crippen molar-refractivity contribution in [2.24, 2.45) is 0 Å². The van der Waals surface area contributed by atoms with Crippen LogP contribution in [0.25, 0.3) is 11.3 Å². The quantitative estimate of drug-likeness (QED) is 0.176. The maximum atomic E-state index is 15.0. The number of rotatable bonds is 9. The van der Waals surface area contributed by atoms with E-state index in [4.69, 9.17) is 18.9 Å². The second-order valence-electron chi connectivity index (χ2n) is 14.5. The Balaban J connectivity index is 1.03. The van der Waals surface area contributed by atoms with E-state index in [0.29, 0.717) is 54.7 Å². The van der Waals surface area contributed by atoms with Crippen LogP contribution in [0.2, 0.25) is 0 Å². The zero-order valence-electron chi connectivity index (χ0n) is 30.3. The highest BCUT2D eigenvalue weighted by molar-refractivity contribution is 6.07. The van der Waals surface area contributed by atoms with Crippen molar-refractivity contribution in [1.29, 1.82) is 0 Å². The fourth-order valence-electron chi connectivity index (χ4n) is 8.23. The average Bonchev–Trinajstić information content (AvgIpc) is 3.85. The molecule has 5 heterocycles. The van der Waals surface area contributed by atoms with Gasteiger partial charge < -0.3 is 33.7 Å². The number of amides is 2. The molecule has 0 bridgehead atoms. The van der Waals surface area contributed by atoms with E-state index in [1.807, 2.05) is 83.8 Å². The van der Waals surface area contributed by atoms with E-state index in [1.165, 1.54) is 11.1 Å². The van der Waals surface area contributed by atoms with E-state index in [-0.39, 0.29) is 24.6 Å². The third-order valence-corrected chi connectivity index (χ3v) is 11.1. The minimum absolute atomic E-state index is 0.0125. The van der Waals surface area contributed by atoms with Crippen LogP contribution in [0.15, 0.2) is 97.1 Å². The number of carbonyl (C=O) groups excluding carboxylic acids is 2. The number of aromatic nitrogens is 1. The van der Waals surface area contributed by atoms with Crippen LogP contribution in [-0.2, 0) is 37.3 Å². The SMILES string of the molecule is O=C(Nc1ccc(OCc2ccccc2)cc1)c1cc(-c2cc3c(cc2C(=O)N2Cc4ccccc4C[C@@H]2CN2CCOCC2)OCO3)n2c1CCCC2. The summed E-state index contributed by atoms with van der Waals surface area (Å²) in [5, 5.41) is 3.12. The highest BCUT2D eigenvalue weighted by Gasteiger charge is 2.35. The minimum Gasteiger partial charge on any atom is -0.489 e. The van der Waals surface area contributed by atoms with Gasteiger partial charge in [0.1, 0.15) is 12.4 Å². The summed E-state index contributed by atoms with van der Waals surface area (Å²) in [5.74, 6) is 1.65. The van der Waals surface area contributed by atoms with Crippen LogP contribution >= 0.6 is 0 Å². The predicted octanol–water partition coefficient (Wildman–Crippen LogP) is 6.95. The van der Waals surface area contributed by atoms with Gasteiger partial charge in [0.15, 0.2) is 11.5 Å². The molecule has 54 heavy (non-hydrogen) atoms. The van der Waals surface area contributed by atoms with Crippen molar-refractivity contribution in [3.63, 3.8) is 0 Å². The van der Waals surface area contributed by atoms with Gasteiger partial charge in [0.05, 0.1) is 24.3 Å². The molecule has 1 aromatic heterocycles. The van der Waals surface area contributed by atoms with Crippen molar-refractivity contribution < 1.29 is 28.5 Å². The molecular weight excluding hydrogens is 681 g/mol. The topological polar surface area (TPSA) is 94.5 Å².